The van der Waals surface area contributed by atoms with Crippen molar-refractivity contribution in [3.63, 3.8) is 0 Å². The number of methoxy groups -OCH3 is 2. The molecule has 304 valence electrons. The van der Waals surface area contributed by atoms with Gasteiger partial charge >= 0.3 is 0 Å². The van der Waals surface area contributed by atoms with Crippen LogP contribution in [0.15, 0.2) is 60.7 Å². The lowest BCUT2D eigenvalue weighted by Gasteiger charge is -2.37. The molecular weight excluding hydrogens is 734 g/mol. The van der Waals surface area contributed by atoms with Gasteiger partial charge in [-0.25, -0.2) is 0 Å². The average Bonchev–Trinajstić information content (AvgIpc) is 3.20. The fraction of sp³-hybridized carbons (Fsp3) is 0.415. The molecule has 1 fully saturated rings. The van der Waals surface area contributed by atoms with Gasteiger partial charge in [-0.05, 0) is 67.8 Å². The third kappa shape index (κ3) is 9.39. The number of benzene rings is 3. The second-order valence-corrected chi connectivity index (χ2v) is 14.5. The van der Waals surface area contributed by atoms with E-state index in [4.69, 9.17) is 19.9 Å². The maximum atomic E-state index is 14.7. The Bertz CT molecular complexity index is 2010. The molecule has 3 aliphatic heterocycles. The van der Waals surface area contributed by atoms with E-state index in [0.717, 1.165) is 0 Å². The summed E-state index contributed by atoms with van der Waals surface area (Å²) in [6, 6.07) is 10.2. The molecule has 6 rings (SSSR count). The van der Waals surface area contributed by atoms with Crippen molar-refractivity contribution >= 4 is 41.1 Å². The number of amides is 6. The Morgan fingerprint density at radius 1 is 0.667 bits per heavy atom. The minimum Gasteiger partial charge on any atom is -0.497 e. The molecule has 16 heteroatoms. The van der Waals surface area contributed by atoms with Crippen molar-refractivity contribution in [3.05, 3.63) is 77.4 Å². The summed E-state index contributed by atoms with van der Waals surface area (Å²) in [6.07, 6.45) is -0.0150. The molecule has 0 aromatic heterocycles. The van der Waals surface area contributed by atoms with Crippen LogP contribution in [0.4, 0.5) is 5.69 Å². The molecule has 16 nitrogen and oxygen atoms in total. The van der Waals surface area contributed by atoms with Gasteiger partial charge in [-0.2, -0.15) is 0 Å². The number of nitrogen functional groups attached to an aromatic ring is 1. The van der Waals surface area contributed by atoms with Crippen molar-refractivity contribution in [1.82, 2.24) is 30.7 Å². The summed E-state index contributed by atoms with van der Waals surface area (Å²) < 4.78 is 17.0. The molecule has 6 atom stereocenters. The van der Waals surface area contributed by atoms with Crippen LogP contribution in [0.5, 0.6) is 23.0 Å². The van der Waals surface area contributed by atoms with Crippen LogP contribution in [0.2, 0.25) is 0 Å². The number of carbonyl (C=O) groups is 6. The summed E-state index contributed by atoms with van der Waals surface area (Å²) in [5.74, 6) is -2.02. The number of likely N-dealkylation sites (N-methyl/N-ethyl adjacent to an activating group) is 3. The van der Waals surface area contributed by atoms with Crippen LogP contribution in [0.3, 0.4) is 0 Å². The smallest absolute Gasteiger partial charge is 0.246 e. The Labute approximate surface area is 332 Å². The van der Waals surface area contributed by atoms with Crippen LogP contribution >= 0.6 is 0 Å². The van der Waals surface area contributed by atoms with Crippen molar-refractivity contribution in [2.75, 3.05) is 41.1 Å². The van der Waals surface area contributed by atoms with Gasteiger partial charge in [0.2, 0.25) is 35.4 Å². The maximum absolute atomic E-state index is 14.7. The van der Waals surface area contributed by atoms with Crippen LogP contribution in [0.25, 0.3) is 0 Å². The maximum Gasteiger partial charge on any atom is 0.246 e. The quantitative estimate of drug-likeness (QED) is 0.281. The number of nitrogens with two attached hydrogens (primary N) is 1. The number of carbonyl (C=O) groups excluding carboxylic acids is 6. The van der Waals surface area contributed by atoms with E-state index in [1.165, 1.54) is 70.8 Å². The number of rotatable bonds is 4. The first-order valence-corrected chi connectivity index (χ1v) is 18.6. The monoisotopic (exact) mass is 785 g/mol. The molecule has 3 aromatic carbocycles. The Morgan fingerprint density at radius 2 is 1.25 bits per heavy atom. The summed E-state index contributed by atoms with van der Waals surface area (Å²) in [5, 5.41) is 8.10. The Morgan fingerprint density at radius 3 is 1.86 bits per heavy atom. The van der Waals surface area contributed by atoms with Crippen molar-refractivity contribution in [1.29, 1.82) is 0 Å². The molecule has 5 N–H and O–H groups in total. The summed E-state index contributed by atoms with van der Waals surface area (Å²) in [7, 11) is 7.35. The van der Waals surface area contributed by atoms with E-state index >= 15 is 0 Å². The normalized spacial score (nSPS) is 24.1. The predicted molar refractivity (Wildman–Crippen MR) is 211 cm³/mol. The van der Waals surface area contributed by atoms with Crippen molar-refractivity contribution in [3.8, 4) is 23.0 Å². The fourth-order valence-electron chi connectivity index (χ4n) is 6.93. The lowest BCUT2D eigenvalue weighted by atomic mass is 9.98. The molecule has 6 amide bonds. The van der Waals surface area contributed by atoms with Crippen molar-refractivity contribution in [2.24, 2.45) is 0 Å². The molecule has 3 aromatic rings. The van der Waals surface area contributed by atoms with E-state index in [-0.39, 0.29) is 24.9 Å². The van der Waals surface area contributed by atoms with Gasteiger partial charge in [0, 0.05) is 52.2 Å². The van der Waals surface area contributed by atoms with Gasteiger partial charge in [-0.1, -0.05) is 24.3 Å². The molecule has 3 heterocycles. The standard InChI is InChI=1S/C41H51N7O9/c1-22-36(49)44-23(2)39(52)46(4)31(17-25-9-13-28(55-7)14-10-25)37(50)45-24(3)40(53)48(6)33-18-26-11-15-29(16-12-26)57-35-20-27(30(42)21-34(35)56-8)19-32(38(51)43-22)47(5)41(33)54/h9-16,20-24,31-33H,17-19,42H2,1-8H3,(H,43,51)(H,44,49)(H,45,50)/t22-,23+,24+,31+,32+,33+/m1/s1. The van der Waals surface area contributed by atoms with Gasteiger partial charge in [-0.15, -0.1) is 0 Å². The summed E-state index contributed by atoms with van der Waals surface area (Å²) in [5.41, 5.74) is 8.55. The molecule has 0 radical (unpaired) electrons. The van der Waals surface area contributed by atoms with Gasteiger partial charge < -0.3 is 50.6 Å². The molecule has 57 heavy (non-hydrogen) atoms. The molecule has 0 aliphatic carbocycles. The number of fused-ring (bicyclic) bond motifs is 2. The van der Waals surface area contributed by atoms with Crippen molar-refractivity contribution in [2.45, 2.75) is 76.3 Å². The fourth-order valence-corrected chi connectivity index (χ4v) is 6.93. The first-order valence-electron chi connectivity index (χ1n) is 18.6. The van der Waals surface area contributed by atoms with E-state index in [0.29, 0.717) is 39.7 Å². The Hall–Kier alpha value is -6.32. The summed E-state index contributed by atoms with van der Waals surface area (Å²) >= 11 is 0. The average molecular weight is 786 g/mol. The molecule has 3 aliphatic rings. The van der Waals surface area contributed by atoms with Gasteiger partial charge in [0.25, 0.3) is 0 Å². The largest absolute Gasteiger partial charge is 0.497 e. The first kappa shape index (κ1) is 41.8. The van der Waals surface area contributed by atoms with E-state index in [1.807, 2.05) is 0 Å². The predicted octanol–water partition coefficient (Wildman–Crippen LogP) is 1.43. The minimum absolute atomic E-state index is 0.0332. The third-order valence-electron chi connectivity index (χ3n) is 10.6. The van der Waals surface area contributed by atoms with Gasteiger partial charge in [0.1, 0.15) is 47.8 Å². The second kappa shape index (κ2) is 17.6. The molecule has 6 bridgehead atoms. The first-order chi connectivity index (χ1) is 27.0. The van der Waals surface area contributed by atoms with E-state index in [1.54, 1.807) is 60.7 Å². The molecule has 0 spiro atoms. The zero-order valence-corrected chi connectivity index (χ0v) is 33.5. The lowest BCUT2D eigenvalue weighted by molar-refractivity contribution is -0.149. The zero-order valence-electron chi connectivity index (χ0n) is 33.5. The second-order valence-electron chi connectivity index (χ2n) is 14.5. The highest BCUT2D eigenvalue weighted by Gasteiger charge is 2.39. The Balaban J connectivity index is 1.59. The van der Waals surface area contributed by atoms with Crippen LogP contribution in [0, 0.1) is 0 Å². The molecule has 1 saturated heterocycles. The van der Waals surface area contributed by atoms with Crippen molar-refractivity contribution < 1.29 is 43.0 Å². The van der Waals surface area contributed by atoms with E-state index in [9.17, 15) is 28.8 Å². The number of hydrogen-bond acceptors (Lipinski definition) is 10. The van der Waals surface area contributed by atoms with Crippen LogP contribution in [-0.2, 0) is 48.0 Å². The van der Waals surface area contributed by atoms with Crippen LogP contribution in [0.1, 0.15) is 37.5 Å². The minimum atomic E-state index is -1.24. The van der Waals surface area contributed by atoms with Gasteiger partial charge in [0.05, 0.1) is 14.2 Å². The topological polar surface area (TPSA) is 202 Å². The van der Waals surface area contributed by atoms with Crippen LogP contribution in [-0.4, -0.2) is 122 Å². The van der Waals surface area contributed by atoms with E-state index in [2.05, 4.69) is 16.0 Å². The van der Waals surface area contributed by atoms with Gasteiger partial charge in [-0.3, -0.25) is 28.8 Å². The lowest BCUT2D eigenvalue weighted by Crippen LogP contribution is -2.61. The molecular formula is C41H51N7O9. The van der Waals surface area contributed by atoms with Gasteiger partial charge in [0.15, 0.2) is 11.5 Å². The summed E-state index contributed by atoms with van der Waals surface area (Å²) in [4.78, 5) is 88.3. The number of hydrogen-bond donors (Lipinski definition) is 4. The van der Waals surface area contributed by atoms with Crippen LogP contribution < -0.4 is 35.9 Å². The zero-order chi connectivity index (χ0) is 41.7. The molecule has 0 saturated carbocycles. The Kier molecular flexibility index (Phi) is 13.0. The third-order valence-corrected chi connectivity index (χ3v) is 10.6. The SMILES string of the molecule is COc1ccc(C[C@H]2C(=O)N[C@@H](C)C(=O)N(C)[C@H]3Cc4ccc(cc4)Oc4cc(c(N)cc4OC)C[C@@H](C(=O)N[C@H](C)C(=O)N[C@@H](C)C(=O)N2C)N(C)C3=O)cc1. The summed E-state index contributed by atoms with van der Waals surface area (Å²) in [6.45, 7) is 4.41. The highest BCUT2D eigenvalue weighted by molar-refractivity contribution is 5.98. The molecule has 0 unspecified atom stereocenters. The number of nitrogens with one attached hydrogen (secondary N) is 3. The van der Waals surface area contributed by atoms with E-state index < -0.39 is 71.7 Å². The highest BCUT2D eigenvalue weighted by atomic mass is 16.5. The number of nitrogens with zero attached hydrogens (tertiary/aromatic N) is 3. The number of anilines is 1. The number of ether oxygens (including phenoxy) is 3. The highest BCUT2D eigenvalue weighted by Crippen LogP contribution is 2.37.